The second-order valence-corrected chi connectivity index (χ2v) is 6.61. The van der Waals surface area contributed by atoms with Gasteiger partial charge in [0.2, 0.25) is 5.91 Å². The number of amidine groups is 1. The summed E-state index contributed by atoms with van der Waals surface area (Å²) in [5, 5.41) is 14.9. The zero-order valence-electron chi connectivity index (χ0n) is 12.2. The Kier molecular flexibility index (Phi) is 4.56. The number of hydrogen-bond donors (Lipinski definition) is 3. The van der Waals surface area contributed by atoms with Crippen molar-refractivity contribution in [2.24, 2.45) is 22.2 Å². The van der Waals surface area contributed by atoms with E-state index >= 15 is 0 Å². The predicted molar refractivity (Wildman–Crippen MR) is 86.4 cm³/mol. The van der Waals surface area contributed by atoms with E-state index in [1.54, 1.807) is 0 Å². The lowest BCUT2D eigenvalue weighted by molar-refractivity contribution is -0.127. The third kappa shape index (κ3) is 2.90. The molecule has 21 heavy (non-hydrogen) atoms. The molecule has 1 aromatic rings. The van der Waals surface area contributed by atoms with E-state index in [0.717, 1.165) is 22.1 Å². The first-order chi connectivity index (χ1) is 9.92. The fourth-order valence-corrected chi connectivity index (χ4v) is 3.36. The van der Waals surface area contributed by atoms with Gasteiger partial charge in [-0.05, 0) is 48.9 Å². The van der Waals surface area contributed by atoms with Gasteiger partial charge in [-0.2, -0.15) is 0 Å². The van der Waals surface area contributed by atoms with Crippen molar-refractivity contribution < 1.29 is 10.0 Å². The molecule has 0 unspecified atom stereocenters. The van der Waals surface area contributed by atoms with Crippen LogP contribution in [0, 0.1) is 11.3 Å². The second-order valence-electron chi connectivity index (χ2n) is 5.69. The molecule has 0 atom stereocenters. The van der Waals surface area contributed by atoms with Gasteiger partial charge in [0.05, 0.1) is 0 Å². The van der Waals surface area contributed by atoms with Crippen LogP contribution in [-0.4, -0.2) is 17.0 Å². The van der Waals surface area contributed by atoms with Crippen LogP contribution in [0.1, 0.15) is 32.3 Å². The molecule has 2 rings (SSSR count). The van der Waals surface area contributed by atoms with Gasteiger partial charge in [0.25, 0.3) is 0 Å². The number of hydrogen-bond acceptors (Lipinski definition) is 3. The Morgan fingerprint density at radius 1 is 1.57 bits per heavy atom. The topological polar surface area (TPSA) is 87.7 Å². The van der Waals surface area contributed by atoms with Crippen molar-refractivity contribution in [2.45, 2.75) is 33.1 Å². The van der Waals surface area contributed by atoms with Crippen molar-refractivity contribution in [2.75, 3.05) is 5.32 Å². The maximum atomic E-state index is 12.6. The summed E-state index contributed by atoms with van der Waals surface area (Å²) in [6.07, 6.45) is 2.02. The Hall–Kier alpha value is -1.56. The fourth-order valence-electron chi connectivity index (χ4n) is 2.96. The van der Waals surface area contributed by atoms with E-state index < -0.39 is 5.41 Å². The van der Waals surface area contributed by atoms with Gasteiger partial charge in [-0.1, -0.05) is 34.9 Å². The fraction of sp³-hybridized carbons (Fsp3) is 0.467. The summed E-state index contributed by atoms with van der Waals surface area (Å²) >= 11 is 3.43. The summed E-state index contributed by atoms with van der Waals surface area (Å²) in [6, 6.07) is 5.73. The number of aryl methyl sites for hydroxylation is 1. The largest absolute Gasteiger partial charge is 0.409 e. The number of amides is 1. The maximum absolute atomic E-state index is 12.6. The first kappa shape index (κ1) is 15.8. The number of benzene rings is 1. The van der Waals surface area contributed by atoms with Crippen LogP contribution < -0.4 is 11.1 Å². The minimum absolute atomic E-state index is 0.00624. The molecule has 1 saturated carbocycles. The Balaban J connectivity index is 2.25. The smallest absolute Gasteiger partial charge is 0.238 e. The molecule has 114 valence electrons. The summed E-state index contributed by atoms with van der Waals surface area (Å²) in [7, 11) is 0. The number of carbonyl (C=O) groups is 1. The average molecular weight is 354 g/mol. The van der Waals surface area contributed by atoms with Crippen LogP contribution in [0.5, 0.6) is 0 Å². The van der Waals surface area contributed by atoms with Crippen LogP contribution >= 0.6 is 15.9 Å². The minimum atomic E-state index is -0.883. The first-order valence-electron chi connectivity index (χ1n) is 7.01. The van der Waals surface area contributed by atoms with Gasteiger partial charge in [0, 0.05) is 10.2 Å². The SMILES string of the molecule is CCc1cc(Br)ccc1NC(=O)C1(/C(N)=N/O)CC(C)C1. The van der Waals surface area contributed by atoms with Crippen LogP contribution in [0.3, 0.4) is 0 Å². The normalized spacial score (nSPS) is 25.3. The molecule has 0 spiro atoms. The molecule has 0 saturated heterocycles. The molecule has 1 aliphatic carbocycles. The molecular formula is C15H20BrN3O2. The summed E-state index contributed by atoms with van der Waals surface area (Å²) in [5.74, 6) is 0.188. The monoisotopic (exact) mass is 353 g/mol. The summed E-state index contributed by atoms with van der Waals surface area (Å²) in [4.78, 5) is 12.6. The Morgan fingerprint density at radius 2 is 2.24 bits per heavy atom. The van der Waals surface area contributed by atoms with Gasteiger partial charge < -0.3 is 16.3 Å². The average Bonchev–Trinajstić information content (AvgIpc) is 2.44. The molecule has 1 amide bonds. The molecule has 4 N–H and O–H groups in total. The molecule has 1 aliphatic rings. The second kappa shape index (κ2) is 6.05. The lowest BCUT2D eigenvalue weighted by Crippen LogP contribution is -2.54. The van der Waals surface area contributed by atoms with Crippen molar-refractivity contribution in [1.82, 2.24) is 0 Å². The molecule has 0 aliphatic heterocycles. The predicted octanol–water partition coefficient (Wildman–Crippen LogP) is 3.11. The zero-order valence-corrected chi connectivity index (χ0v) is 13.8. The highest BCUT2D eigenvalue weighted by Crippen LogP contribution is 2.46. The molecule has 6 heteroatoms. The standard InChI is InChI=1S/C15H20BrN3O2/c1-3-10-6-11(16)4-5-12(10)18-14(20)15(13(17)19-21)7-9(2)8-15/h4-6,9,21H,3,7-8H2,1-2H3,(H2,17,19)(H,18,20). The highest BCUT2D eigenvalue weighted by atomic mass is 79.9. The van der Waals surface area contributed by atoms with Gasteiger partial charge >= 0.3 is 0 Å². The van der Waals surface area contributed by atoms with E-state index in [1.165, 1.54) is 0 Å². The Bertz CT molecular complexity index is 580. The minimum Gasteiger partial charge on any atom is -0.409 e. The molecule has 0 heterocycles. The zero-order chi connectivity index (χ0) is 15.6. The van der Waals surface area contributed by atoms with Gasteiger partial charge in [-0.3, -0.25) is 4.79 Å². The highest BCUT2D eigenvalue weighted by Gasteiger charge is 2.52. The Morgan fingerprint density at radius 3 is 2.76 bits per heavy atom. The maximum Gasteiger partial charge on any atom is 0.238 e. The number of carbonyl (C=O) groups excluding carboxylic acids is 1. The van der Waals surface area contributed by atoms with E-state index in [2.05, 4.69) is 26.4 Å². The highest BCUT2D eigenvalue weighted by molar-refractivity contribution is 9.10. The van der Waals surface area contributed by atoms with E-state index in [-0.39, 0.29) is 11.7 Å². The number of rotatable bonds is 4. The molecule has 1 aromatic carbocycles. The molecule has 0 aromatic heterocycles. The number of anilines is 1. The van der Waals surface area contributed by atoms with E-state index in [9.17, 15) is 4.79 Å². The lowest BCUT2D eigenvalue weighted by Gasteiger charge is -2.43. The van der Waals surface area contributed by atoms with Crippen molar-refractivity contribution in [3.8, 4) is 0 Å². The number of nitrogens with zero attached hydrogens (tertiary/aromatic N) is 1. The lowest BCUT2D eigenvalue weighted by atomic mass is 9.61. The van der Waals surface area contributed by atoms with Crippen molar-refractivity contribution in [1.29, 1.82) is 0 Å². The van der Waals surface area contributed by atoms with Crippen molar-refractivity contribution in [3.05, 3.63) is 28.2 Å². The van der Waals surface area contributed by atoms with Crippen LogP contribution in [-0.2, 0) is 11.2 Å². The van der Waals surface area contributed by atoms with Crippen LogP contribution in [0.2, 0.25) is 0 Å². The van der Waals surface area contributed by atoms with Gasteiger partial charge in [-0.15, -0.1) is 0 Å². The quantitative estimate of drug-likeness (QED) is 0.336. The summed E-state index contributed by atoms with van der Waals surface area (Å²) in [6.45, 7) is 4.08. The van der Waals surface area contributed by atoms with E-state index in [0.29, 0.717) is 18.8 Å². The van der Waals surface area contributed by atoms with Gasteiger partial charge in [-0.25, -0.2) is 0 Å². The molecular weight excluding hydrogens is 334 g/mol. The summed E-state index contributed by atoms with van der Waals surface area (Å²) in [5.41, 5.74) is 6.69. The number of nitrogens with two attached hydrogens (primary N) is 1. The van der Waals surface area contributed by atoms with Gasteiger partial charge in [0.15, 0.2) is 5.84 Å². The molecule has 1 fully saturated rings. The third-order valence-electron chi connectivity index (χ3n) is 4.12. The third-order valence-corrected chi connectivity index (χ3v) is 4.62. The Labute approximate surface area is 132 Å². The summed E-state index contributed by atoms with van der Waals surface area (Å²) < 4.78 is 0.973. The number of halogens is 1. The van der Waals surface area contributed by atoms with Crippen LogP contribution in [0.4, 0.5) is 5.69 Å². The van der Waals surface area contributed by atoms with Crippen LogP contribution in [0.15, 0.2) is 27.8 Å². The van der Waals surface area contributed by atoms with E-state index in [4.69, 9.17) is 10.9 Å². The first-order valence-corrected chi connectivity index (χ1v) is 7.80. The molecule has 0 bridgehead atoms. The van der Waals surface area contributed by atoms with Crippen LogP contribution in [0.25, 0.3) is 0 Å². The van der Waals surface area contributed by atoms with Gasteiger partial charge in [0.1, 0.15) is 5.41 Å². The molecule has 0 radical (unpaired) electrons. The van der Waals surface area contributed by atoms with E-state index in [1.807, 2.05) is 32.0 Å². The van der Waals surface area contributed by atoms with Crippen molar-refractivity contribution in [3.63, 3.8) is 0 Å². The number of oxime groups is 1. The number of nitrogens with one attached hydrogen (secondary N) is 1. The molecule has 5 nitrogen and oxygen atoms in total. The van der Waals surface area contributed by atoms with Crippen molar-refractivity contribution >= 4 is 33.4 Å².